The number of carbonyl (C=O) groups excluding carboxylic acids is 1. The zero-order valence-electron chi connectivity index (χ0n) is 15.8. The number of hydrogen-bond acceptors (Lipinski definition) is 4. The molecule has 1 aromatic carbocycles. The van der Waals surface area contributed by atoms with E-state index in [1.807, 2.05) is 31.2 Å². The molecule has 146 valence electrons. The number of aryl methyl sites for hydroxylation is 1. The highest BCUT2D eigenvalue weighted by Crippen LogP contribution is 2.16. The van der Waals surface area contributed by atoms with Crippen LogP contribution in [0, 0.1) is 6.92 Å². The molecule has 1 saturated heterocycles. The van der Waals surface area contributed by atoms with E-state index >= 15 is 0 Å². The lowest BCUT2D eigenvalue weighted by atomic mass is 10.1. The van der Waals surface area contributed by atoms with E-state index in [9.17, 15) is 13.2 Å². The molecule has 8 heteroatoms. The Morgan fingerprint density at radius 3 is 2.42 bits per heavy atom. The predicted octanol–water partition coefficient (Wildman–Crippen LogP) is 1.54. The summed E-state index contributed by atoms with van der Waals surface area (Å²) >= 11 is 0. The largest absolute Gasteiger partial charge is 0.494 e. The standard InChI is InChI=1S/C18H29N3O4S/c1-15-6-8-17(9-7-15)25-14-4-5-18(22)19-16-10-12-21(13-11-16)26(23,24)20(2)3/h6-9,16H,4-5,10-14H2,1-3H3,(H,19,22). The van der Waals surface area contributed by atoms with E-state index in [-0.39, 0.29) is 11.9 Å². The maximum Gasteiger partial charge on any atom is 0.281 e. The van der Waals surface area contributed by atoms with E-state index in [4.69, 9.17) is 4.74 Å². The number of nitrogens with one attached hydrogen (secondary N) is 1. The number of nitrogens with zero attached hydrogens (tertiary/aromatic N) is 2. The minimum Gasteiger partial charge on any atom is -0.494 e. The van der Waals surface area contributed by atoms with Crippen LogP contribution in [-0.2, 0) is 15.0 Å². The Balaban J connectivity index is 1.64. The lowest BCUT2D eigenvalue weighted by molar-refractivity contribution is -0.122. The average molecular weight is 384 g/mol. The molecule has 0 atom stereocenters. The van der Waals surface area contributed by atoms with E-state index in [1.165, 1.54) is 28.3 Å². The van der Waals surface area contributed by atoms with Crippen molar-refractivity contribution in [1.29, 1.82) is 0 Å². The second-order valence-corrected chi connectivity index (χ2v) is 8.94. The Morgan fingerprint density at radius 1 is 1.23 bits per heavy atom. The van der Waals surface area contributed by atoms with Gasteiger partial charge in [0.05, 0.1) is 6.61 Å². The third-order valence-electron chi connectivity index (χ3n) is 4.44. The van der Waals surface area contributed by atoms with Crippen molar-refractivity contribution in [2.75, 3.05) is 33.8 Å². The summed E-state index contributed by atoms with van der Waals surface area (Å²) in [6.07, 6.45) is 2.33. The molecule has 0 saturated carbocycles. The van der Waals surface area contributed by atoms with Crippen LogP contribution < -0.4 is 10.1 Å². The highest BCUT2D eigenvalue weighted by Gasteiger charge is 2.29. The van der Waals surface area contributed by atoms with Crippen LogP contribution in [0.5, 0.6) is 5.75 Å². The fraction of sp³-hybridized carbons (Fsp3) is 0.611. The molecule has 1 aliphatic rings. The van der Waals surface area contributed by atoms with E-state index in [0.29, 0.717) is 45.4 Å². The first-order valence-electron chi connectivity index (χ1n) is 8.95. The van der Waals surface area contributed by atoms with E-state index in [1.54, 1.807) is 0 Å². The predicted molar refractivity (Wildman–Crippen MR) is 101 cm³/mol. The number of piperidine rings is 1. The van der Waals surface area contributed by atoms with Gasteiger partial charge in [0.1, 0.15) is 5.75 Å². The van der Waals surface area contributed by atoms with Crippen molar-refractivity contribution in [1.82, 2.24) is 13.9 Å². The van der Waals surface area contributed by atoms with Gasteiger partial charge in [0, 0.05) is 39.6 Å². The summed E-state index contributed by atoms with van der Waals surface area (Å²) in [5, 5.41) is 3.00. The van der Waals surface area contributed by atoms with Crippen LogP contribution in [0.15, 0.2) is 24.3 Å². The lowest BCUT2D eigenvalue weighted by Crippen LogP contribution is -2.49. The van der Waals surface area contributed by atoms with Crippen LogP contribution in [0.4, 0.5) is 0 Å². The first-order valence-corrected chi connectivity index (χ1v) is 10.3. The van der Waals surface area contributed by atoms with E-state index in [2.05, 4.69) is 5.32 Å². The van der Waals surface area contributed by atoms with Gasteiger partial charge in [0.25, 0.3) is 10.2 Å². The van der Waals surface area contributed by atoms with E-state index < -0.39 is 10.2 Å². The molecule has 0 unspecified atom stereocenters. The van der Waals surface area contributed by atoms with Crippen molar-refractivity contribution in [2.24, 2.45) is 0 Å². The Bertz CT molecular complexity index is 681. The summed E-state index contributed by atoms with van der Waals surface area (Å²) in [5.74, 6) is 0.803. The van der Waals surface area contributed by atoms with Gasteiger partial charge in [-0.3, -0.25) is 4.79 Å². The zero-order chi connectivity index (χ0) is 19.2. The Labute approximate surface area is 156 Å². The van der Waals surface area contributed by atoms with Crippen LogP contribution in [0.1, 0.15) is 31.2 Å². The Kier molecular flexibility index (Phi) is 7.43. The van der Waals surface area contributed by atoms with Gasteiger partial charge in [0.15, 0.2) is 0 Å². The first kappa shape index (κ1) is 20.7. The molecule has 1 fully saturated rings. The minimum absolute atomic E-state index is 0.00794. The molecule has 2 rings (SSSR count). The van der Waals surface area contributed by atoms with Crippen molar-refractivity contribution in [2.45, 2.75) is 38.6 Å². The van der Waals surface area contributed by atoms with Gasteiger partial charge in [-0.25, -0.2) is 0 Å². The molecular weight excluding hydrogens is 354 g/mol. The number of carbonyl (C=O) groups is 1. The molecule has 0 spiro atoms. The number of benzene rings is 1. The summed E-state index contributed by atoms with van der Waals surface area (Å²) < 4.78 is 32.5. The van der Waals surface area contributed by atoms with Crippen LogP contribution >= 0.6 is 0 Å². The van der Waals surface area contributed by atoms with Crippen molar-refractivity contribution in [3.63, 3.8) is 0 Å². The molecule has 7 nitrogen and oxygen atoms in total. The number of ether oxygens (including phenoxy) is 1. The second kappa shape index (κ2) is 9.34. The zero-order valence-corrected chi connectivity index (χ0v) is 16.6. The highest BCUT2D eigenvalue weighted by molar-refractivity contribution is 7.86. The van der Waals surface area contributed by atoms with Gasteiger partial charge in [-0.1, -0.05) is 17.7 Å². The van der Waals surface area contributed by atoms with Gasteiger partial charge in [0.2, 0.25) is 5.91 Å². The van der Waals surface area contributed by atoms with Crippen LogP contribution in [0.25, 0.3) is 0 Å². The second-order valence-electron chi connectivity index (χ2n) is 6.80. The molecule has 1 N–H and O–H groups in total. The summed E-state index contributed by atoms with van der Waals surface area (Å²) in [7, 11) is -0.302. The minimum atomic E-state index is -3.36. The highest BCUT2D eigenvalue weighted by atomic mass is 32.2. The van der Waals surface area contributed by atoms with Gasteiger partial charge in [-0.15, -0.1) is 0 Å². The van der Waals surface area contributed by atoms with Crippen molar-refractivity contribution < 1.29 is 17.9 Å². The van der Waals surface area contributed by atoms with Crippen LogP contribution in [-0.4, -0.2) is 62.8 Å². The van der Waals surface area contributed by atoms with Gasteiger partial charge >= 0.3 is 0 Å². The fourth-order valence-corrected chi connectivity index (χ4v) is 3.95. The van der Waals surface area contributed by atoms with Crippen molar-refractivity contribution in [3.8, 4) is 5.75 Å². The third-order valence-corrected chi connectivity index (χ3v) is 6.39. The number of rotatable bonds is 8. The number of hydrogen-bond donors (Lipinski definition) is 1. The summed E-state index contributed by atoms with van der Waals surface area (Å²) in [5.41, 5.74) is 1.18. The molecule has 1 heterocycles. The SMILES string of the molecule is Cc1ccc(OCCCC(=O)NC2CCN(S(=O)(=O)N(C)C)CC2)cc1. The fourth-order valence-electron chi connectivity index (χ4n) is 2.82. The van der Waals surface area contributed by atoms with Gasteiger partial charge in [-0.05, 0) is 38.3 Å². The monoisotopic (exact) mass is 383 g/mol. The normalized spacial score (nSPS) is 16.6. The lowest BCUT2D eigenvalue weighted by Gasteiger charge is -2.33. The summed E-state index contributed by atoms with van der Waals surface area (Å²) in [4.78, 5) is 12.0. The Hall–Kier alpha value is -1.64. The topological polar surface area (TPSA) is 79.0 Å². The molecule has 26 heavy (non-hydrogen) atoms. The van der Waals surface area contributed by atoms with E-state index in [0.717, 1.165) is 5.75 Å². The van der Waals surface area contributed by atoms with Crippen LogP contribution in [0.2, 0.25) is 0 Å². The summed E-state index contributed by atoms with van der Waals surface area (Å²) in [6.45, 7) is 3.38. The molecule has 1 aliphatic heterocycles. The quantitative estimate of drug-likeness (QED) is 0.691. The molecule has 0 radical (unpaired) electrons. The first-order chi connectivity index (χ1) is 12.3. The van der Waals surface area contributed by atoms with Gasteiger partial charge < -0.3 is 10.1 Å². The third kappa shape index (κ3) is 5.96. The maximum absolute atomic E-state index is 12.1. The molecule has 1 amide bonds. The van der Waals surface area contributed by atoms with Crippen molar-refractivity contribution in [3.05, 3.63) is 29.8 Å². The molecule has 0 aromatic heterocycles. The number of amides is 1. The molecular formula is C18H29N3O4S. The average Bonchev–Trinajstić information content (AvgIpc) is 2.60. The van der Waals surface area contributed by atoms with Crippen LogP contribution in [0.3, 0.4) is 0 Å². The molecule has 0 aliphatic carbocycles. The summed E-state index contributed by atoms with van der Waals surface area (Å²) in [6, 6.07) is 7.86. The Morgan fingerprint density at radius 2 is 1.85 bits per heavy atom. The van der Waals surface area contributed by atoms with Gasteiger partial charge in [-0.2, -0.15) is 17.0 Å². The molecule has 1 aromatic rings. The molecule has 0 bridgehead atoms. The smallest absolute Gasteiger partial charge is 0.281 e. The van der Waals surface area contributed by atoms with Crippen molar-refractivity contribution >= 4 is 16.1 Å². The maximum atomic E-state index is 12.1.